The number of hydrogen-bond acceptors (Lipinski definition) is 4. The molecule has 80 valence electrons. The molecule has 4 nitrogen and oxygen atoms in total. The Kier molecular flexibility index (Phi) is 8.56. The molecule has 0 aliphatic rings. The molecule has 0 saturated heterocycles. The summed E-state index contributed by atoms with van der Waals surface area (Å²) in [4.78, 5) is 20.2. The van der Waals surface area contributed by atoms with Crippen LogP contribution in [0.5, 0.6) is 0 Å². The molecule has 0 aromatic rings. The van der Waals surface area contributed by atoms with Gasteiger partial charge in [0, 0.05) is 11.5 Å². The van der Waals surface area contributed by atoms with Crippen molar-refractivity contribution in [3.63, 3.8) is 0 Å². The van der Waals surface area contributed by atoms with E-state index >= 15 is 0 Å². The van der Waals surface area contributed by atoms with Crippen LogP contribution in [0.3, 0.4) is 0 Å². The van der Waals surface area contributed by atoms with E-state index in [1.807, 2.05) is 12.2 Å². The maximum atomic E-state index is 10.1. The standard InChI is InChI=1S/C8H12O4S2/c9-7(10)5-13-3-1-2-4-14-6-8(11)12/h1-2H,3-6H2,(H,9,10)(H,11,12). The molecule has 0 aromatic carbocycles. The zero-order chi connectivity index (χ0) is 10.8. The van der Waals surface area contributed by atoms with Crippen LogP contribution in [0.25, 0.3) is 0 Å². The molecule has 0 aliphatic carbocycles. The van der Waals surface area contributed by atoms with Crippen molar-refractivity contribution in [1.82, 2.24) is 0 Å². The summed E-state index contributed by atoms with van der Waals surface area (Å²) in [5, 5.41) is 16.6. The molecule has 2 N–H and O–H groups in total. The molecule has 0 heterocycles. The second kappa shape index (κ2) is 8.96. The van der Waals surface area contributed by atoms with E-state index in [0.717, 1.165) is 0 Å². The second-order valence-corrected chi connectivity index (χ2v) is 4.35. The van der Waals surface area contributed by atoms with Crippen LogP contribution in [0.2, 0.25) is 0 Å². The number of hydrogen-bond donors (Lipinski definition) is 2. The minimum atomic E-state index is -0.816. The summed E-state index contributed by atoms with van der Waals surface area (Å²) in [6.07, 6.45) is 3.70. The summed E-state index contributed by atoms with van der Waals surface area (Å²) < 4.78 is 0. The Balaban J connectivity index is 3.19. The van der Waals surface area contributed by atoms with Gasteiger partial charge in [0.15, 0.2) is 0 Å². The van der Waals surface area contributed by atoms with E-state index in [1.54, 1.807) is 0 Å². The fourth-order valence-electron chi connectivity index (χ4n) is 0.565. The third kappa shape index (κ3) is 11.4. The first-order valence-electron chi connectivity index (χ1n) is 3.87. The van der Waals surface area contributed by atoms with E-state index in [2.05, 4.69) is 0 Å². The summed E-state index contributed by atoms with van der Waals surface area (Å²) in [5.41, 5.74) is 0. The van der Waals surface area contributed by atoms with Crippen LogP contribution in [0.15, 0.2) is 12.2 Å². The third-order valence-electron chi connectivity index (χ3n) is 1.05. The average molecular weight is 236 g/mol. The van der Waals surface area contributed by atoms with Gasteiger partial charge in [-0.25, -0.2) is 0 Å². The van der Waals surface area contributed by atoms with Gasteiger partial charge in [0.1, 0.15) is 0 Å². The number of thioether (sulfide) groups is 2. The summed E-state index contributed by atoms with van der Waals surface area (Å²) in [6.45, 7) is 0. The lowest BCUT2D eigenvalue weighted by Gasteiger charge is -1.92. The molecule has 0 amide bonds. The van der Waals surface area contributed by atoms with Crippen molar-refractivity contribution in [2.24, 2.45) is 0 Å². The SMILES string of the molecule is O=C(O)CSCC=CCSCC(=O)O. The monoisotopic (exact) mass is 236 g/mol. The largest absolute Gasteiger partial charge is 0.481 e. The van der Waals surface area contributed by atoms with Gasteiger partial charge in [-0.05, 0) is 0 Å². The molecule has 0 aromatic heterocycles. The second-order valence-electron chi connectivity index (χ2n) is 2.29. The third-order valence-corrected chi connectivity index (χ3v) is 2.80. The van der Waals surface area contributed by atoms with Gasteiger partial charge in [-0.2, -0.15) is 0 Å². The Labute approximate surface area is 90.8 Å². The van der Waals surface area contributed by atoms with Gasteiger partial charge < -0.3 is 10.2 Å². The quantitative estimate of drug-likeness (QED) is 0.487. The summed E-state index contributed by atoms with van der Waals surface area (Å²) >= 11 is 2.63. The molecular weight excluding hydrogens is 224 g/mol. The molecular formula is C8H12O4S2. The average Bonchev–Trinajstić information content (AvgIpc) is 2.08. The van der Waals surface area contributed by atoms with E-state index in [1.165, 1.54) is 23.5 Å². The fraction of sp³-hybridized carbons (Fsp3) is 0.500. The van der Waals surface area contributed by atoms with Crippen LogP contribution in [-0.4, -0.2) is 45.2 Å². The predicted octanol–water partition coefficient (Wildman–Crippen LogP) is 1.18. The normalized spacial score (nSPS) is 10.6. The first-order valence-corrected chi connectivity index (χ1v) is 6.18. The minimum Gasteiger partial charge on any atom is -0.481 e. The Morgan fingerprint density at radius 1 is 0.929 bits per heavy atom. The van der Waals surface area contributed by atoms with Crippen LogP contribution < -0.4 is 0 Å². The van der Waals surface area contributed by atoms with E-state index in [9.17, 15) is 9.59 Å². The minimum absolute atomic E-state index is 0.104. The molecule has 0 bridgehead atoms. The van der Waals surface area contributed by atoms with E-state index in [4.69, 9.17) is 10.2 Å². The zero-order valence-electron chi connectivity index (χ0n) is 7.51. The van der Waals surface area contributed by atoms with Crippen molar-refractivity contribution in [2.45, 2.75) is 0 Å². The van der Waals surface area contributed by atoms with Crippen LogP contribution in [0, 0.1) is 0 Å². The molecule has 0 atom stereocenters. The highest BCUT2D eigenvalue weighted by atomic mass is 32.2. The highest BCUT2D eigenvalue weighted by Crippen LogP contribution is 2.02. The topological polar surface area (TPSA) is 74.6 Å². The van der Waals surface area contributed by atoms with Gasteiger partial charge in [0.25, 0.3) is 0 Å². The Morgan fingerprint density at radius 2 is 1.29 bits per heavy atom. The lowest BCUT2D eigenvalue weighted by Crippen LogP contribution is -1.98. The summed E-state index contributed by atoms with van der Waals surface area (Å²) in [6, 6.07) is 0. The van der Waals surface area contributed by atoms with Crippen LogP contribution >= 0.6 is 23.5 Å². The van der Waals surface area contributed by atoms with Crippen molar-refractivity contribution in [3.05, 3.63) is 12.2 Å². The van der Waals surface area contributed by atoms with Gasteiger partial charge >= 0.3 is 11.9 Å². The van der Waals surface area contributed by atoms with Crippen LogP contribution in [0.1, 0.15) is 0 Å². The zero-order valence-corrected chi connectivity index (χ0v) is 9.14. The molecule has 0 rings (SSSR count). The van der Waals surface area contributed by atoms with Gasteiger partial charge in [-0.1, -0.05) is 12.2 Å². The number of aliphatic carboxylic acids is 2. The maximum Gasteiger partial charge on any atom is 0.313 e. The molecule has 0 saturated carbocycles. The van der Waals surface area contributed by atoms with Crippen molar-refractivity contribution in [3.8, 4) is 0 Å². The molecule has 0 aliphatic heterocycles. The smallest absolute Gasteiger partial charge is 0.313 e. The first kappa shape index (κ1) is 13.4. The fourth-order valence-corrected chi connectivity index (χ4v) is 1.69. The van der Waals surface area contributed by atoms with Gasteiger partial charge in [-0.3, -0.25) is 9.59 Å². The van der Waals surface area contributed by atoms with Gasteiger partial charge in [-0.15, -0.1) is 23.5 Å². The molecule has 0 fully saturated rings. The lowest BCUT2D eigenvalue weighted by molar-refractivity contribution is -0.134. The Hall–Kier alpha value is -0.620. The van der Waals surface area contributed by atoms with Gasteiger partial charge in [0.05, 0.1) is 11.5 Å². The van der Waals surface area contributed by atoms with Crippen molar-refractivity contribution in [1.29, 1.82) is 0 Å². The summed E-state index contributed by atoms with van der Waals surface area (Å²) in [5.74, 6) is -0.119. The lowest BCUT2D eigenvalue weighted by atomic mass is 10.6. The molecule has 14 heavy (non-hydrogen) atoms. The number of carbonyl (C=O) groups is 2. The number of carboxylic acid groups (broad SMARTS) is 2. The predicted molar refractivity (Wildman–Crippen MR) is 59.1 cm³/mol. The number of rotatable bonds is 8. The molecule has 6 heteroatoms. The highest BCUT2D eigenvalue weighted by molar-refractivity contribution is 8.00. The Morgan fingerprint density at radius 3 is 1.57 bits per heavy atom. The van der Waals surface area contributed by atoms with Crippen molar-refractivity contribution < 1.29 is 19.8 Å². The van der Waals surface area contributed by atoms with Gasteiger partial charge in [0.2, 0.25) is 0 Å². The summed E-state index contributed by atoms with van der Waals surface area (Å²) in [7, 11) is 0. The molecule has 0 radical (unpaired) electrons. The van der Waals surface area contributed by atoms with E-state index in [-0.39, 0.29) is 11.5 Å². The number of carboxylic acids is 2. The van der Waals surface area contributed by atoms with Crippen molar-refractivity contribution in [2.75, 3.05) is 23.0 Å². The van der Waals surface area contributed by atoms with Crippen molar-refractivity contribution >= 4 is 35.5 Å². The molecule has 0 spiro atoms. The highest BCUT2D eigenvalue weighted by Gasteiger charge is 1.94. The Bertz CT molecular complexity index is 193. The van der Waals surface area contributed by atoms with E-state index < -0.39 is 11.9 Å². The van der Waals surface area contributed by atoms with Crippen LogP contribution in [0.4, 0.5) is 0 Å². The van der Waals surface area contributed by atoms with E-state index in [0.29, 0.717) is 11.5 Å². The first-order chi connectivity index (χ1) is 6.63. The molecule has 0 unspecified atom stereocenters. The van der Waals surface area contributed by atoms with Crippen LogP contribution in [-0.2, 0) is 9.59 Å². The maximum absolute atomic E-state index is 10.1.